The van der Waals surface area contributed by atoms with Gasteiger partial charge in [-0.1, -0.05) is 18.9 Å². The molecule has 1 aliphatic rings. The Bertz CT molecular complexity index is 387. The Kier molecular flexibility index (Phi) is 7.36. The molecule has 106 valence electrons. The average Bonchev–Trinajstić information content (AvgIpc) is 2.65. The maximum Gasteiger partial charge on any atom is 0.270 e. The van der Waals surface area contributed by atoms with E-state index in [1.165, 1.54) is 44.3 Å². The van der Waals surface area contributed by atoms with Gasteiger partial charge in [0, 0.05) is 12.7 Å². The number of nitrogens with zero attached hydrogens (tertiary/aromatic N) is 2. The van der Waals surface area contributed by atoms with Crippen molar-refractivity contribution in [3.63, 3.8) is 0 Å². The summed E-state index contributed by atoms with van der Waals surface area (Å²) in [6, 6.07) is 3.65. The zero-order valence-corrected chi connectivity index (χ0v) is 12.6. The van der Waals surface area contributed by atoms with Gasteiger partial charge in [-0.25, -0.2) is 0 Å². The van der Waals surface area contributed by atoms with Crippen molar-refractivity contribution in [2.75, 3.05) is 19.6 Å². The summed E-state index contributed by atoms with van der Waals surface area (Å²) < 4.78 is 0. The lowest BCUT2D eigenvalue weighted by Gasteiger charge is -2.19. The molecular weight excluding hydrogens is 283 g/mol. The van der Waals surface area contributed by atoms with Gasteiger partial charge in [0.15, 0.2) is 0 Å². The molecule has 0 unspecified atom stereocenters. The SMILES string of the molecule is Cl.O=C(Cl)c1ccc(CCN2CCCCCC2)cn1. The highest BCUT2D eigenvalue weighted by molar-refractivity contribution is 6.67. The van der Waals surface area contributed by atoms with Crippen LogP contribution in [0, 0.1) is 0 Å². The van der Waals surface area contributed by atoms with Gasteiger partial charge in [-0.15, -0.1) is 12.4 Å². The molecule has 0 spiro atoms. The van der Waals surface area contributed by atoms with Crippen molar-refractivity contribution >= 4 is 29.3 Å². The lowest BCUT2D eigenvalue weighted by molar-refractivity contribution is 0.107. The predicted octanol–water partition coefficient (Wildman–Crippen LogP) is 3.30. The molecule has 0 saturated carbocycles. The number of hydrogen-bond donors (Lipinski definition) is 0. The zero-order chi connectivity index (χ0) is 12.8. The molecule has 0 atom stereocenters. The zero-order valence-electron chi connectivity index (χ0n) is 11.0. The summed E-state index contributed by atoms with van der Waals surface area (Å²) in [6.07, 6.45) is 8.11. The normalized spacial score (nSPS) is 16.5. The van der Waals surface area contributed by atoms with Gasteiger partial charge in [0.25, 0.3) is 5.24 Å². The van der Waals surface area contributed by atoms with Gasteiger partial charge in [-0.3, -0.25) is 9.78 Å². The van der Waals surface area contributed by atoms with Crippen LogP contribution in [0.3, 0.4) is 0 Å². The second-order valence-electron chi connectivity index (χ2n) is 4.83. The summed E-state index contributed by atoms with van der Waals surface area (Å²) in [7, 11) is 0. The van der Waals surface area contributed by atoms with E-state index in [0.717, 1.165) is 13.0 Å². The van der Waals surface area contributed by atoms with Gasteiger partial charge in [-0.05, 0) is 55.6 Å². The molecule has 0 radical (unpaired) electrons. The van der Waals surface area contributed by atoms with Crippen LogP contribution in [-0.2, 0) is 6.42 Å². The molecule has 1 aromatic rings. The predicted molar refractivity (Wildman–Crippen MR) is 80.3 cm³/mol. The first-order valence-corrected chi connectivity index (χ1v) is 7.00. The molecule has 2 rings (SSSR count). The quantitative estimate of drug-likeness (QED) is 0.800. The standard InChI is InChI=1S/C14H19ClN2O.ClH/c15-14(18)13-6-5-12(11-16-13)7-10-17-8-3-1-2-4-9-17;/h5-6,11H,1-4,7-10H2;1H. The molecule has 5 heteroatoms. The summed E-state index contributed by atoms with van der Waals surface area (Å²) in [5.74, 6) is 0. The number of halogens is 2. The summed E-state index contributed by atoms with van der Waals surface area (Å²) in [4.78, 5) is 17.5. The minimum atomic E-state index is -0.492. The Labute approximate surface area is 125 Å². The Morgan fingerprint density at radius 1 is 1.21 bits per heavy atom. The number of rotatable bonds is 4. The maximum absolute atomic E-state index is 10.9. The molecule has 3 nitrogen and oxygen atoms in total. The summed E-state index contributed by atoms with van der Waals surface area (Å²) >= 11 is 5.36. The molecule has 1 aromatic heterocycles. The van der Waals surface area contributed by atoms with Crippen LogP contribution in [0.15, 0.2) is 18.3 Å². The van der Waals surface area contributed by atoms with Gasteiger partial charge in [0.1, 0.15) is 5.69 Å². The van der Waals surface area contributed by atoms with Crippen LogP contribution < -0.4 is 0 Å². The third-order valence-electron chi connectivity index (χ3n) is 3.44. The third kappa shape index (κ3) is 5.47. The van der Waals surface area contributed by atoms with E-state index >= 15 is 0 Å². The minimum Gasteiger partial charge on any atom is -0.303 e. The van der Waals surface area contributed by atoms with E-state index in [4.69, 9.17) is 11.6 Å². The van der Waals surface area contributed by atoms with E-state index in [2.05, 4.69) is 9.88 Å². The van der Waals surface area contributed by atoms with Crippen LogP contribution >= 0.6 is 24.0 Å². The summed E-state index contributed by atoms with van der Waals surface area (Å²) in [5, 5.41) is -0.492. The largest absolute Gasteiger partial charge is 0.303 e. The molecule has 19 heavy (non-hydrogen) atoms. The number of carbonyl (C=O) groups excluding carboxylic acids is 1. The highest BCUT2D eigenvalue weighted by Gasteiger charge is 2.09. The van der Waals surface area contributed by atoms with Crippen molar-refractivity contribution in [3.8, 4) is 0 Å². The van der Waals surface area contributed by atoms with Gasteiger partial charge in [0.2, 0.25) is 0 Å². The molecule has 0 N–H and O–H groups in total. The number of likely N-dealkylation sites (tertiary alicyclic amines) is 1. The fourth-order valence-electron chi connectivity index (χ4n) is 2.34. The highest BCUT2D eigenvalue weighted by atomic mass is 35.5. The Hall–Kier alpha value is -0.640. The van der Waals surface area contributed by atoms with Crippen LogP contribution in [0.5, 0.6) is 0 Å². The molecule has 2 heterocycles. The first-order chi connectivity index (χ1) is 8.75. The van der Waals surface area contributed by atoms with Crippen molar-refractivity contribution in [2.24, 2.45) is 0 Å². The van der Waals surface area contributed by atoms with Crippen molar-refractivity contribution in [1.29, 1.82) is 0 Å². The van der Waals surface area contributed by atoms with E-state index in [-0.39, 0.29) is 12.4 Å². The Balaban J connectivity index is 0.00000180. The maximum atomic E-state index is 10.9. The highest BCUT2D eigenvalue weighted by Crippen LogP contribution is 2.11. The number of aromatic nitrogens is 1. The van der Waals surface area contributed by atoms with Crippen LogP contribution in [-0.4, -0.2) is 34.8 Å². The van der Waals surface area contributed by atoms with Crippen molar-refractivity contribution in [1.82, 2.24) is 9.88 Å². The lowest BCUT2D eigenvalue weighted by Crippen LogP contribution is -2.27. The first kappa shape index (κ1) is 16.4. The van der Waals surface area contributed by atoms with E-state index in [9.17, 15) is 4.79 Å². The molecule has 0 aromatic carbocycles. The van der Waals surface area contributed by atoms with Gasteiger partial charge in [0.05, 0.1) is 0 Å². The van der Waals surface area contributed by atoms with Crippen molar-refractivity contribution in [3.05, 3.63) is 29.6 Å². The van der Waals surface area contributed by atoms with Crippen molar-refractivity contribution < 1.29 is 4.79 Å². The van der Waals surface area contributed by atoms with Crippen LogP contribution in [0.25, 0.3) is 0 Å². The Morgan fingerprint density at radius 3 is 2.42 bits per heavy atom. The van der Waals surface area contributed by atoms with E-state index in [1.807, 2.05) is 6.07 Å². The topological polar surface area (TPSA) is 33.2 Å². The first-order valence-electron chi connectivity index (χ1n) is 6.63. The molecule has 0 amide bonds. The second kappa shape index (κ2) is 8.51. The lowest BCUT2D eigenvalue weighted by atomic mass is 10.2. The fourth-order valence-corrected chi connectivity index (χ4v) is 2.45. The number of carbonyl (C=O) groups is 1. The second-order valence-corrected chi connectivity index (χ2v) is 5.17. The van der Waals surface area contributed by atoms with Gasteiger partial charge in [-0.2, -0.15) is 0 Å². The molecule has 1 saturated heterocycles. The molecule has 1 aliphatic heterocycles. The summed E-state index contributed by atoms with van der Waals surface area (Å²) in [5.41, 5.74) is 1.50. The number of hydrogen-bond acceptors (Lipinski definition) is 3. The van der Waals surface area contributed by atoms with E-state index in [1.54, 1.807) is 12.3 Å². The monoisotopic (exact) mass is 302 g/mol. The van der Waals surface area contributed by atoms with Crippen LogP contribution in [0.1, 0.15) is 41.7 Å². The molecule has 0 aliphatic carbocycles. The van der Waals surface area contributed by atoms with Crippen LogP contribution in [0.4, 0.5) is 0 Å². The average molecular weight is 303 g/mol. The molecule has 1 fully saturated rings. The van der Waals surface area contributed by atoms with E-state index in [0.29, 0.717) is 5.69 Å². The molecule has 0 bridgehead atoms. The van der Waals surface area contributed by atoms with Gasteiger partial charge < -0.3 is 4.90 Å². The fraction of sp³-hybridized carbons (Fsp3) is 0.571. The Morgan fingerprint density at radius 2 is 1.89 bits per heavy atom. The van der Waals surface area contributed by atoms with E-state index < -0.39 is 5.24 Å². The van der Waals surface area contributed by atoms with Gasteiger partial charge >= 0.3 is 0 Å². The summed E-state index contributed by atoms with van der Waals surface area (Å²) in [6.45, 7) is 3.51. The minimum absolute atomic E-state index is 0. The smallest absolute Gasteiger partial charge is 0.270 e. The molecular formula is C14H20Cl2N2O. The third-order valence-corrected chi connectivity index (χ3v) is 3.64. The van der Waals surface area contributed by atoms with Crippen LogP contribution in [0.2, 0.25) is 0 Å². The van der Waals surface area contributed by atoms with Crippen molar-refractivity contribution in [2.45, 2.75) is 32.1 Å². The number of pyridine rings is 1.